The van der Waals surface area contributed by atoms with Gasteiger partial charge in [0.05, 0.1) is 12.8 Å². The van der Waals surface area contributed by atoms with E-state index >= 15 is 0 Å². The second-order valence-electron chi connectivity index (χ2n) is 9.82. The molecular weight excluding hydrogens is 486 g/mol. The van der Waals surface area contributed by atoms with Crippen LogP contribution in [0.2, 0.25) is 0 Å². The van der Waals surface area contributed by atoms with Gasteiger partial charge in [0.15, 0.2) is 0 Å². The second kappa shape index (κ2) is 11.7. The van der Waals surface area contributed by atoms with Crippen molar-refractivity contribution in [3.63, 3.8) is 0 Å². The molecule has 7 nitrogen and oxygen atoms in total. The third kappa shape index (κ3) is 6.07. The number of thiophene rings is 1. The molecule has 37 heavy (non-hydrogen) atoms. The SMILES string of the molecule is COC(=O)c1sc(-c2ccc(NC(=O)c3ccccn3)cc2)cc1N(C(=O)[C@H]1CC[C@H](C)CC1)C(C)C. The summed E-state index contributed by atoms with van der Waals surface area (Å²) < 4.78 is 5.08. The predicted octanol–water partition coefficient (Wildman–Crippen LogP) is 6.42. The van der Waals surface area contributed by atoms with Gasteiger partial charge in [0.2, 0.25) is 5.91 Å². The van der Waals surface area contributed by atoms with Gasteiger partial charge in [-0.2, -0.15) is 0 Å². The average molecular weight is 520 g/mol. The third-order valence-corrected chi connectivity index (χ3v) is 7.94. The summed E-state index contributed by atoms with van der Waals surface area (Å²) in [7, 11) is 1.36. The number of amides is 2. The van der Waals surface area contributed by atoms with Gasteiger partial charge in [-0.1, -0.05) is 25.1 Å². The zero-order valence-corrected chi connectivity index (χ0v) is 22.5. The quantitative estimate of drug-likeness (QED) is 0.364. The Balaban J connectivity index is 1.61. The number of ether oxygens (including phenoxy) is 1. The van der Waals surface area contributed by atoms with Crippen molar-refractivity contribution in [2.45, 2.75) is 52.5 Å². The van der Waals surface area contributed by atoms with Gasteiger partial charge < -0.3 is 15.0 Å². The first-order valence-electron chi connectivity index (χ1n) is 12.7. The van der Waals surface area contributed by atoms with Crippen molar-refractivity contribution in [1.82, 2.24) is 4.98 Å². The first-order valence-corrected chi connectivity index (χ1v) is 13.5. The van der Waals surface area contributed by atoms with Crippen LogP contribution in [-0.4, -0.2) is 35.9 Å². The van der Waals surface area contributed by atoms with Crippen LogP contribution >= 0.6 is 11.3 Å². The van der Waals surface area contributed by atoms with Gasteiger partial charge in [-0.25, -0.2) is 4.79 Å². The highest BCUT2D eigenvalue weighted by Crippen LogP contribution is 2.40. The van der Waals surface area contributed by atoms with Crippen molar-refractivity contribution in [3.05, 3.63) is 65.3 Å². The maximum absolute atomic E-state index is 13.7. The van der Waals surface area contributed by atoms with E-state index in [0.29, 0.717) is 27.9 Å². The van der Waals surface area contributed by atoms with Crippen molar-refractivity contribution >= 4 is 40.5 Å². The zero-order valence-electron chi connectivity index (χ0n) is 21.7. The minimum atomic E-state index is -0.457. The van der Waals surface area contributed by atoms with Crippen LogP contribution in [0.4, 0.5) is 11.4 Å². The highest BCUT2D eigenvalue weighted by molar-refractivity contribution is 7.18. The van der Waals surface area contributed by atoms with Crippen molar-refractivity contribution in [1.29, 1.82) is 0 Å². The summed E-state index contributed by atoms with van der Waals surface area (Å²) in [6, 6.07) is 14.4. The minimum absolute atomic E-state index is 0.0329. The van der Waals surface area contributed by atoms with Crippen molar-refractivity contribution in [2.24, 2.45) is 11.8 Å². The maximum atomic E-state index is 13.7. The number of methoxy groups -OCH3 is 1. The summed E-state index contributed by atoms with van der Waals surface area (Å²) in [5.41, 5.74) is 2.44. The van der Waals surface area contributed by atoms with E-state index in [-0.39, 0.29) is 23.8 Å². The lowest BCUT2D eigenvalue weighted by atomic mass is 9.82. The fraction of sp³-hybridized carbons (Fsp3) is 0.379. The van der Waals surface area contributed by atoms with Crippen molar-refractivity contribution < 1.29 is 19.1 Å². The molecule has 0 saturated heterocycles. The van der Waals surface area contributed by atoms with E-state index in [1.54, 1.807) is 29.3 Å². The normalized spacial score (nSPS) is 17.3. The van der Waals surface area contributed by atoms with Crippen LogP contribution in [0.1, 0.15) is 66.6 Å². The first-order chi connectivity index (χ1) is 17.8. The molecule has 1 fully saturated rings. The van der Waals surface area contributed by atoms with Crippen LogP contribution in [0.5, 0.6) is 0 Å². The molecule has 8 heteroatoms. The fourth-order valence-electron chi connectivity index (χ4n) is 4.71. The molecule has 1 N–H and O–H groups in total. The Morgan fingerprint density at radius 1 is 1.05 bits per heavy atom. The van der Waals surface area contributed by atoms with Crippen LogP contribution in [0, 0.1) is 11.8 Å². The van der Waals surface area contributed by atoms with E-state index in [9.17, 15) is 14.4 Å². The topological polar surface area (TPSA) is 88.6 Å². The Morgan fingerprint density at radius 3 is 2.35 bits per heavy atom. The summed E-state index contributed by atoms with van der Waals surface area (Å²) >= 11 is 1.31. The van der Waals surface area contributed by atoms with Gasteiger partial charge in [0, 0.05) is 28.7 Å². The Labute approximate surface area is 221 Å². The monoisotopic (exact) mass is 519 g/mol. The average Bonchev–Trinajstić information content (AvgIpc) is 3.34. The Hall–Kier alpha value is -3.52. The van der Waals surface area contributed by atoms with E-state index in [1.165, 1.54) is 18.4 Å². The molecule has 3 aromatic rings. The molecule has 1 aliphatic carbocycles. The molecule has 0 unspecified atom stereocenters. The highest BCUT2D eigenvalue weighted by Gasteiger charge is 2.33. The number of rotatable bonds is 7. The second-order valence-corrected chi connectivity index (χ2v) is 10.9. The van der Waals surface area contributed by atoms with E-state index in [2.05, 4.69) is 17.2 Å². The molecule has 0 aliphatic heterocycles. The number of pyridine rings is 1. The summed E-state index contributed by atoms with van der Waals surface area (Å²) in [6.45, 7) is 6.18. The van der Waals surface area contributed by atoms with Gasteiger partial charge in [-0.05, 0) is 81.3 Å². The first kappa shape index (κ1) is 26.5. The molecule has 0 radical (unpaired) electrons. The predicted molar refractivity (Wildman–Crippen MR) is 147 cm³/mol. The smallest absolute Gasteiger partial charge is 0.350 e. The third-order valence-electron chi connectivity index (χ3n) is 6.79. The fourth-order valence-corrected chi connectivity index (χ4v) is 5.78. The lowest BCUT2D eigenvalue weighted by molar-refractivity contribution is -0.123. The van der Waals surface area contributed by atoms with Crippen LogP contribution in [0.3, 0.4) is 0 Å². The summed E-state index contributed by atoms with van der Waals surface area (Å²) in [5, 5.41) is 2.84. The summed E-state index contributed by atoms with van der Waals surface area (Å²) in [4.78, 5) is 45.9. The molecule has 1 aliphatic rings. The Bertz CT molecular complexity index is 1250. The zero-order chi connectivity index (χ0) is 26.5. The number of esters is 1. The Morgan fingerprint density at radius 2 is 1.76 bits per heavy atom. The minimum Gasteiger partial charge on any atom is -0.465 e. The molecule has 194 valence electrons. The van der Waals surface area contributed by atoms with E-state index < -0.39 is 5.97 Å². The number of anilines is 2. The lowest BCUT2D eigenvalue weighted by Gasteiger charge is -2.33. The molecule has 2 aromatic heterocycles. The number of hydrogen-bond acceptors (Lipinski definition) is 6. The highest BCUT2D eigenvalue weighted by atomic mass is 32.1. The van der Waals surface area contributed by atoms with E-state index in [0.717, 1.165) is 36.1 Å². The van der Waals surface area contributed by atoms with Crippen LogP contribution in [0.15, 0.2) is 54.7 Å². The van der Waals surface area contributed by atoms with Crippen LogP contribution in [0.25, 0.3) is 10.4 Å². The number of benzene rings is 1. The number of carbonyl (C=O) groups excluding carboxylic acids is 3. The molecule has 0 spiro atoms. The molecule has 0 atom stereocenters. The van der Waals surface area contributed by atoms with E-state index in [4.69, 9.17) is 4.74 Å². The van der Waals surface area contributed by atoms with Crippen LogP contribution < -0.4 is 10.2 Å². The van der Waals surface area contributed by atoms with Gasteiger partial charge in [-0.3, -0.25) is 14.6 Å². The van der Waals surface area contributed by atoms with E-state index in [1.807, 2.05) is 44.2 Å². The standard InChI is InChI=1S/C29H33N3O4S/c1-18(2)32(28(34)21-10-8-19(3)9-11-21)24-17-25(37-26(24)29(35)36-4)20-12-14-22(15-13-20)31-27(33)23-7-5-6-16-30-23/h5-7,12-19,21H,8-11H2,1-4H3,(H,31,33)/t19-,21-. The number of hydrogen-bond donors (Lipinski definition) is 1. The molecule has 0 bridgehead atoms. The molecule has 2 heterocycles. The summed E-state index contributed by atoms with van der Waals surface area (Å²) in [6.07, 6.45) is 5.42. The lowest BCUT2D eigenvalue weighted by Crippen LogP contribution is -2.42. The molecule has 2 amide bonds. The maximum Gasteiger partial charge on any atom is 0.350 e. The molecule has 1 saturated carbocycles. The number of nitrogens with zero attached hydrogens (tertiary/aromatic N) is 2. The van der Waals surface area contributed by atoms with Crippen molar-refractivity contribution in [2.75, 3.05) is 17.3 Å². The van der Waals surface area contributed by atoms with Gasteiger partial charge in [0.25, 0.3) is 5.91 Å². The number of aromatic nitrogens is 1. The van der Waals surface area contributed by atoms with Gasteiger partial charge >= 0.3 is 5.97 Å². The Kier molecular flexibility index (Phi) is 8.38. The number of nitrogens with one attached hydrogen (secondary N) is 1. The van der Waals surface area contributed by atoms with Gasteiger partial charge in [-0.15, -0.1) is 11.3 Å². The summed E-state index contributed by atoms with van der Waals surface area (Å²) in [5.74, 6) is -0.0609. The van der Waals surface area contributed by atoms with Gasteiger partial charge in [0.1, 0.15) is 10.6 Å². The molecular formula is C29H33N3O4S. The number of carbonyl (C=O) groups is 3. The molecule has 4 rings (SSSR count). The van der Waals surface area contributed by atoms with Crippen LogP contribution in [-0.2, 0) is 9.53 Å². The van der Waals surface area contributed by atoms with Crippen molar-refractivity contribution in [3.8, 4) is 10.4 Å². The molecule has 1 aromatic carbocycles. The largest absolute Gasteiger partial charge is 0.465 e.